The van der Waals surface area contributed by atoms with Crippen LogP contribution in [0.4, 0.5) is 0 Å². The van der Waals surface area contributed by atoms with Crippen molar-refractivity contribution in [2.24, 2.45) is 0 Å². The second-order valence-electron chi connectivity index (χ2n) is 2.50. The molecule has 0 fully saturated rings. The lowest BCUT2D eigenvalue weighted by Crippen LogP contribution is -2.09. The van der Waals surface area contributed by atoms with E-state index in [-0.39, 0.29) is 20.0 Å². The van der Waals surface area contributed by atoms with Gasteiger partial charge in [-0.05, 0) is 12.1 Å². The van der Waals surface area contributed by atoms with Gasteiger partial charge < -0.3 is 0 Å². The van der Waals surface area contributed by atoms with Gasteiger partial charge in [0.2, 0.25) is 9.84 Å². The number of benzene rings is 1. The highest BCUT2D eigenvalue weighted by atomic mass is 79.9. The normalized spacial score (nSPS) is 12.1. The molecule has 84 valence electrons. The van der Waals surface area contributed by atoms with E-state index in [1.807, 2.05) is 0 Å². The van der Waals surface area contributed by atoms with Crippen LogP contribution in [0.2, 0.25) is 15.1 Å². The van der Waals surface area contributed by atoms with Gasteiger partial charge in [-0.15, -0.1) is 0 Å². The predicted molar refractivity (Wildman–Crippen MR) is 70.3 cm³/mol. The van der Waals surface area contributed by atoms with Crippen LogP contribution < -0.4 is 0 Å². The summed E-state index contributed by atoms with van der Waals surface area (Å²) in [4.78, 5) is -0.0719. The minimum Gasteiger partial charge on any atom is -0.222 e. The third kappa shape index (κ3) is 3.01. The van der Waals surface area contributed by atoms with Crippen LogP contribution in [0.5, 0.6) is 0 Å². The lowest BCUT2D eigenvalue weighted by molar-refractivity contribution is 0.600. The molecule has 0 bridgehead atoms. The second-order valence-corrected chi connectivity index (χ2v) is 10.00. The van der Waals surface area contributed by atoms with Crippen molar-refractivity contribution < 1.29 is 8.42 Å². The van der Waals surface area contributed by atoms with Crippen molar-refractivity contribution in [1.82, 2.24) is 0 Å². The van der Waals surface area contributed by atoms with E-state index < -0.39 is 12.9 Å². The van der Waals surface area contributed by atoms with Crippen LogP contribution in [-0.4, -0.2) is 11.5 Å². The predicted octanol–water partition coefficient (Wildman–Crippen LogP) is 4.49. The van der Waals surface area contributed by atoms with Gasteiger partial charge in [-0.2, -0.15) is 0 Å². The minimum atomic E-state index is -3.59. The topological polar surface area (TPSA) is 34.1 Å². The zero-order valence-electron chi connectivity index (χ0n) is 6.85. The first-order chi connectivity index (χ1) is 6.76. The third-order valence-electron chi connectivity index (χ3n) is 1.52. The molecule has 2 nitrogen and oxygen atoms in total. The third-order valence-corrected chi connectivity index (χ3v) is 7.04. The van der Waals surface area contributed by atoms with Crippen LogP contribution in [0.25, 0.3) is 0 Å². The molecule has 0 radical (unpaired) electrons. The van der Waals surface area contributed by atoms with Crippen molar-refractivity contribution >= 4 is 76.5 Å². The van der Waals surface area contributed by atoms with Crippen molar-refractivity contribution in [3.8, 4) is 0 Å². The van der Waals surface area contributed by atoms with Gasteiger partial charge in [0.15, 0.2) is 3.07 Å². The Balaban J connectivity index is 3.46. The van der Waals surface area contributed by atoms with Crippen molar-refractivity contribution in [1.29, 1.82) is 0 Å². The van der Waals surface area contributed by atoms with E-state index in [9.17, 15) is 8.42 Å². The van der Waals surface area contributed by atoms with E-state index in [4.69, 9.17) is 34.8 Å². The van der Waals surface area contributed by atoms with Gasteiger partial charge in [-0.25, -0.2) is 8.42 Å². The van der Waals surface area contributed by atoms with E-state index in [1.54, 1.807) is 0 Å². The molecule has 0 unspecified atom stereocenters. The molecule has 8 heteroatoms. The van der Waals surface area contributed by atoms with Gasteiger partial charge in [-0.1, -0.05) is 66.7 Å². The Morgan fingerprint density at radius 1 is 1.00 bits per heavy atom. The molecule has 15 heavy (non-hydrogen) atoms. The Morgan fingerprint density at radius 3 is 1.93 bits per heavy atom. The first-order valence-electron chi connectivity index (χ1n) is 3.43. The maximum absolute atomic E-state index is 11.7. The molecule has 0 aromatic heterocycles. The first kappa shape index (κ1) is 14.1. The number of alkyl halides is 2. The molecule has 1 aromatic carbocycles. The Hall–Kier alpha value is 1.000. The van der Waals surface area contributed by atoms with Gasteiger partial charge in [0, 0.05) is 0 Å². The lowest BCUT2D eigenvalue weighted by atomic mass is 10.4. The molecular formula is C7H3Br2Cl3O2S. The van der Waals surface area contributed by atoms with E-state index in [0.29, 0.717) is 0 Å². The molecule has 0 heterocycles. The molecule has 0 saturated heterocycles. The largest absolute Gasteiger partial charge is 0.222 e. The molecule has 1 aromatic rings. The average molecular weight is 417 g/mol. The highest BCUT2D eigenvalue weighted by Crippen LogP contribution is 2.35. The first-order valence-corrected chi connectivity index (χ1v) is 7.94. The number of hydrogen-bond acceptors (Lipinski definition) is 2. The molecule has 0 saturated carbocycles. The van der Waals surface area contributed by atoms with Crippen LogP contribution in [0.3, 0.4) is 0 Å². The van der Waals surface area contributed by atoms with E-state index in [0.717, 1.165) is 0 Å². The molecular weight excluding hydrogens is 414 g/mol. The smallest absolute Gasteiger partial charge is 0.202 e. The van der Waals surface area contributed by atoms with Crippen LogP contribution in [-0.2, 0) is 9.84 Å². The van der Waals surface area contributed by atoms with Crippen LogP contribution in [0, 0.1) is 0 Å². The SMILES string of the molecule is O=S(=O)(c1cc(Cl)c(Cl)cc1Cl)C(Br)Br. The summed E-state index contributed by atoms with van der Waals surface area (Å²) in [6, 6.07) is 2.51. The summed E-state index contributed by atoms with van der Waals surface area (Å²) in [5, 5.41) is 0.384. The summed E-state index contributed by atoms with van der Waals surface area (Å²) in [6.07, 6.45) is 0. The Kier molecular flexibility index (Phi) is 4.79. The fourth-order valence-electron chi connectivity index (χ4n) is 0.818. The van der Waals surface area contributed by atoms with Gasteiger partial charge in [-0.3, -0.25) is 0 Å². The van der Waals surface area contributed by atoms with Crippen LogP contribution >= 0.6 is 66.7 Å². The quantitative estimate of drug-likeness (QED) is 0.525. The summed E-state index contributed by atoms with van der Waals surface area (Å²) in [5.41, 5.74) is 0. The standard InChI is InChI=1S/C7H3Br2Cl3O2S/c8-7(9)15(13,14)6-2-4(11)3(10)1-5(6)12/h1-2,7H. The fourth-order valence-corrected chi connectivity index (χ4v) is 3.77. The van der Waals surface area contributed by atoms with E-state index >= 15 is 0 Å². The van der Waals surface area contributed by atoms with Crippen LogP contribution in [0.15, 0.2) is 17.0 Å². The monoisotopic (exact) mass is 414 g/mol. The maximum Gasteiger partial charge on any atom is 0.202 e. The zero-order valence-corrected chi connectivity index (χ0v) is 13.1. The van der Waals surface area contributed by atoms with Crippen molar-refractivity contribution in [3.05, 3.63) is 27.2 Å². The molecule has 0 aliphatic carbocycles. The van der Waals surface area contributed by atoms with Gasteiger partial charge >= 0.3 is 0 Å². The average Bonchev–Trinajstić information content (AvgIpc) is 2.10. The number of hydrogen-bond donors (Lipinski definition) is 0. The molecule has 0 N–H and O–H groups in total. The Bertz CT molecular complexity index is 487. The summed E-state index contributed by atoms with van der Waals surface area (Å²) >= 11 is 23.0. The molecule has 0 amide bonds. The highest BCUT2D eigenvalue weighted by molar-refractivity contribution is 9.27. The second kappa shape index (κ2) is 5.10. The lowest BCUT2D eigenvalue weighted by Gasteiger charge is -2.08. The summed E-state index contributed by atoms with van der Waals surface area (Å²) in [6.45, 7) is 0. The number of halogens is 5. The van der Waals surface area contributed by atoms with Crippen LogP contribution in [0.1, 0.15) is 0 Å². The van der Waals surface area contributed by atoms with Gasteiger partial charge in [0.25, 0.3) is 0 Å². The summed E-state index contributed by atoms with van der Waals surface area (Å²) in [7, 11) is -3.59. The molecule has 0 spiro atoms. The van der Waals surface area contributed by atoms with E-state index in [2.05, 4.69) is 31.9 Å². The number of rotatable bonds is 2. The zero-order chi connectivity index (χ0) is 11.8. The molecule has 0 aliphatic rings. The molecule has 0 aliphatic heterocycles. The summed E-state index contributed by atoms with van der Waals surface area (Å²) < 4.78 is 22.5. The minimum absolute atomic E-state index is 0.0355. The molecule has 1 rings (SSSR count). The highest BCUT2D eigenvalue weighted by Gasteiger charge is 2.25. The van der Waals surface area contributed by atoms with Crippen molar-refractivity contribution in [2.75, 3.05) is 0 Å². The number of sulfone groups is 1. The van der Waals surface area contributed by atoms with Gasteiger partial charge in [0.05, 0.1) is 20.0 Å². The molecule has 0 atom stereocenters. The maximum atomic E-state index is 11.7. The Morgan fingerprint density at radius 2 is 1.47 bits per heavy atom. The van der Waals surface area contributed by atoms with Gasteiger partial charge in [0.1, 0.15) is 0 Å². The fraction of sp³-hybridized carbons (Fsp3) is 0.143. The van der Waals surface area contributed by atoms with E-state index in [1.165, 1.54) is 12.1 Å². The van der Waals surface area contributed by atoms with Crippen molar-refractivity contribution in [2.45, 2.75) is 7.96 Å². The summed E-state index contributed by atoms with van der Waals surface area (Å²) in [5.74, 6) is 0. The Labute approximate surface area is 119 Å². The van der Waals surface area contributed by atoms with Crippen molar-refractivity contribution in [3.63, 3.8) is 0 Å².